The molecule has 0 aliphatic carbocycles. The molecule has 19 heavy (non-hydrogen) atoms. The monoisotopic (exact) mass is 271 g/mol. The summed E-state index contributed by atoms with van der Waals surface area (Å²) in [5.74, 6) is 0. The summed E-state index contributed by atoms with van der Waals surface area (Å²) in [6.07, 6.45) is 3.99. The van der Waals surface area contributed by atoms with E-state index in [2.05, 4.69) is 47.2 Å². The number of rotatable bonds is 4. The van der Waals surface area contributed by atoms with Gasteiger partial charge in [0.05, 0.1) is 11.4 Å². The Kier molecular flexibility index (Phi) is 3.36. The molecule has 3 rings (SSSR count). The second-order valence-electron chi connectivity index (χ2n) is 4.55. The molecule has 0 bridgehead atoms. The highest BCUT2D eigenvalue weighted by molar-refractivity contribution is 7.15. The van der Waals surface area contributed by atoms with E-state index in [1.54, 1.807) is 11.3 Å². The Morgan fingerprint density at radius 3 is 2.74 bits per heavy atom. The van der Waals surface area contributed by atoms with Crippen LogP contribution in [-0.4, -0.2) is 15.9 Å². The third kappa shape index (κ3) is 2.17. The Morgan fingerprint density at radius 1 is 1.26 bits per heavy atom. The molecule has 0 aliphatic heterocycles. The van der Waals surface area contributed by atoms with Crippen LogP contribution in [0.3, 0.4) is 0 Å². The fourth-order valence-electron chi connectivity index (χ4n) is 2.34. The number of nitrogens with two attached hydrogens (primary N) is 1. The van der Waals surface area contributed by atoms with E-state index in [9.17, 15) is 0 Å². The van der Waals surface area contributed by atoms with Gasteiger partial charge < -0.3 is 5.73 Å². The maximum atomic E-state index is 5.73. The number of aromatic nitrogens is 2. The number of fused-ring (bicyclic) bond motifs is 1. The third-order valence-electron chi connectivity index (χ3n) is 3.38. The molecular formula is C15H17N3S. The largest absolute Gasteiger partial charge is 0.330 e. The molecule has 0 fully saturated rings. The molecular weight excluding hydrogens is 254 g/mol. The van der Waals surface area contributed by atoms with Gasteiger partial charge in [0, 0.05) is 23.6 Å². The lowest BCUT2D eigenvalue weighted by Gasteiger charge is -2.04. The summed E-state index contributed by atoms with van der Waals surface area (Å²) in [5.41, 5.74) is 10.5. The van der Waals surface area contributed by atoms with Crippen LogP contribution in [0.5, 0.6) is 0 Å². The standard InChI is InChI=1S/C15H17N3S/c1-2-11-3-5-12(6-4-11)14-13(7-8-16)18-9-10-19-15(18)17-14/h3-6,9-10H,2,7-8,16H2,1H3. The predicted molar refractivity (Wildman–Crippen MR) is 80.6 cm³/mol. The summed E-state index contributed by atoms with van der Waals surface area (Å²) >= 11 is 1.66. The van der Waals surface area contributed by atoms with Gasteiger partial charge in [0.25, 0.3) is 0 Å². The van der Waals surface area contributed by atoms with Crippen LogP contribution in [0, 0.1) is 0 Å². The molecule has 0 saturated carbocycles. The highest BCUT2D eigenvalue weighted by Gasteiger charge is 2.13. The van der Waals surface area contributed by atoms with Crippen LogP contribution in [-0.2, 0) is 12.8 Å². The van der Waals surface area contributed by atoms with Crippen LogP contribution in [0.25, 0.3) is 16.2 Å². The fraction of sp³-hybridized carbons (Fsp3) is 0.267. The van der Waals surface area contributed by atoms with Crippen molar-refractivity contribution in [1.82, 2.24) is 9.38 Å². The molecule has 2 aromatic heterocycles. The Balaban J connectivity index is 2.11. The first-order valence-corrected chi connectivity index (χ1v) is 7.45. The number of thiazole rings is 1. The van der Waals surface area contributed by atoms with Crippen LogP contribution >= 0.6 is 11.3 Å². The van der Waals surface area contributed by atoms with Gasteiger partial charge in [-0.1, -0.05) is 31.2 Å². The number of imidazole rings is 1. The van der Waals surface area contributed by atoms with E-state index in [0.717, 1.165) is 23.5 Å². The first-order chi connectivity index (χ1) is 9.33. The van der Waals surface area contributed by atoms with Gasteiger partial charge in [0.2, 0.25) is 0 Å². The molecule has 4 heteroatoms. The Hall–Kier alpha value is -1.65. The van der Waals surface area contributed by atoms with Crippen molar-refractivity contribution in [1.29, 1.82) is 0 Å². The van der Waals surface area contributed by atoms with Crippen molar-refractivity contribution in [3.8, 4) is 11.3 Å². The summed E-state index contributed by atoms with van der Waals surface area (Å²) in [6.45, 7) is 2.81. The highest BCUT2D eigenvalue weighted by Crippen LogP contribution is 2.27. The van der Waals surface area contributed by atoms with E-state index in [-0.39, 0.29) is 0 Å². The van der Waals surface area contributed by atoms with Crippen LogP contribution in [0.1, 0.15) is 18.2 Å². The van der Waals surface area contributed by atoms with Gasteiger partial charge in [-0.15, -0.1) is 11.3 Å². The van der Waals surface area contributed by atoms with E-state index < -0.39 is 0 Å². The zero-order chi connectivity index (χ0) is 13.2. The number of aryl methyl sites for hydroxylation is 1. The maximum Gasteiger partial charge on any atom is 0.194 e. The van der Waals surface area contributed by atoms with Gasteiger partial charge in [0.1, 0.15) is 0 Å². The zero-order valence-corrected chi connectivity index (χ0v) is 11.8. The molecule has 2 N–H and O–H groups in total. The van der Waals surface area contributed by atoms with Crippen molar-refractivity contribution >= 4 is 16.3 Å². The van der Waals surface area contributed by atoms with Crippen molar-refractivity contribution in [3.05, 3.63) is 47.1 Å². The Morgan fingerprint density at radius 2 is 2.05 bits per heavy atom. The van der Waals surface area contributed by atoms with Gasteiger partial charge in [-0.25, -0.2) is 4.98 Å². The molecule has 0 aliphatic rings. The second kappa shape index (κ2) is 5.15. The number of nitrogens with zero attached hydrogens (tertiary/aromatic N) is 2. The molecule has 2 heterocycles. The van der Waals surface area contributed by atoms with Crippen molar-refractivity contribution < 1.29 is 0 Å². The van der Waals surface area contributed by atoms with Crippen LogP contribution in [0.2, 0.25) is 0 Å². The smallest absolute Gasteiger partial charge is 0.194 e. The summed E-state index contributed by atoms with van der Waals surface area (Å²) in [7, 11) is 0. The minimum atomic E-state index is 0.643. The van der Waals surface area contributed by atoms with Gasteiger partial charge >= 0.3 is 0 Å². The fourth-order valence-corrected chi connectivity index (χ4v) is 3.07. The molecule has 1 aromatic carbocycles. The predicted octanol–water partition coefficient (Wildman–Crippen LogP) is 3.13. The van der Waals surface area contributed by atoms with E-state index >= 15 is 0 Å². The van der Waals surface area contributed by atoms with E-state index in [4.69, 9.17) is 10.7 Å². The van der Waals surface area contributed by atoms with Crippen LogP contribution in [0.4, 0.5) is 0 Å². The number of benzene rings is 1. The summed E-state index contributed by atoms with van der Waals surface area (Å²) in [6, 6.07) is 8.67. The summed E-state index contributed by atoms with van der Waals surface area (Å²) < 4.78 is 2.15. The van der Waals surface area contributed by atoms with Crippen molar-refractivity contribution in [2.75, 3.05) is 6.54 Å². The van der Waals surface area contributed by atoms with Gasteiger partial charge in [0.15, 0.2) is 4.96 Å². The normalized spacial score (nSPS) is 11.3. The second-order valence-corrected chi connectivity index (χ2v) is 5.42. The molecule has 0 amide bonds. The first kappa shape index (κ1) is 12.4. The molecule has 0 radical (unpaired) electrons. The molecule has 98 valence electrons. The average molecular weight is 271 g/mol. The first-order valence-electron chi connectivity index (χ1n) is 6.57. The zero-order valence-electron chi connectivity index (χ0n) is 11.0. The molecule has 3 nitrogen and oxygen atoms in total. The molecule has 0 saturated heterocycles. The van der Waals surface area contributed by atoms with Crippen molar-refractivity contribution in [2.24, 2.45) is 5.73 Å². The topological polar surface area (TPSA) is 43.3 Å². The average Bonchev–Trinajstić information content (AvgIpc) is 3.02. The van der Waals surface area contributed by atoms with Gasteiger partial charge in [-0.05, 0) is 18.5 Å². The van der Waals surface area contributed by atoms with Crippen molar-refractivity contribution in [2.45, 2.75) is 19.8 Å². The number of hydrogen-bond donors (Lipinski definition) is 1. The SMILES string of the molecule is CCc1ccc(-c2nc3sccn3c2CCN)cc1. The third-order valence-corrected chi connectivity index (χ3v) is 4.13. The van der Waals surface area contributed by atoms with Crippen LogP contribution in [0.15, 0.2) is 35.8 Å². The van der Waals surface area contributed by atoms with E-state index in [1.807, 2.05) is 0 Å². The number of hydrogen-bond acceptors (Lipinski definition) is 3. The van der Waals surface area contributed by atoms with Crippen molar-refractivity contribution in [3.63, 3.8) is 0 Å². The molecule has 0 atom stereocenters. The minimum Gasteiger partial charge on any atom is -0.330 e. The van der Waals surface area contributed by atoms with Crippen LogP contribution < -0.4 is 5.73 Å². The van der Waals surface area contributed by atoms with Gasteiger partial charge in [-0.2, -0.15) is 0 Å². The Bertz CT molecular complexity index is 679. The quantitative estimate of drug-likeness (QED) is 0.792. The lowest BCUT2D eigenvalue weighted by Crippen LogP contribution is -2.05. The maximum absolute atomic E-state index is 5.73. The summed E-state index contributed by atoms with van der Waals surface area (Å²) in [4.78, 5) is 5.78. The lowest BCUT2D eigenvalue weighted by atomic mass is 10.1. The van der Waals surface area contributed by atoms with E-state index in [1.165, 1.54) is 16.8 Å². The molecule has 0 spiro atoms. The van der Waals surface area contributed by atoms with E-state index in [0.29, 0.717) is 6.54 Å². The lowest BCUT2D eigenvalue weighted by molar-refractivity contribution is 0.911. The molecule has 3 aromatic rings. The Labute approximate surface area is 116 Å². The molecule has 0 unspecified atom stereocenters. The van der Waals surface area contributed by atoms with Gasteiger partial charge in [-0.3, -0.25) is 4.40 Å². The highest BCUT2D eigenvalue weighted by atomic mass is 32.1. The minimum absolute atomic E-state index is 0.643. The summed E-state index contributed by atoms with van der Waals surface area (Å²) in [5, 5.41) is 2.06.